The zero-order valence-electron chi connectivity index (χ0n) is 34.0. The largest absolute Gasteiger partial charge is 0.472 e. The number of unbranched alkanes of at least 4 members (excludes halogenated alkanes) is 21. The molecule has 10 heteroatoms. The number of aliphatic hydroxyl groups excluding tert-OH is 1. The van der Waals surface area contributed by atoms with Crippen LogP contribution in [0.15, 0.2) is 36.5 Å². The fourth-order valence-electron chi connectivity index (χ4n) is 5.80. The van der Waals surface area contributed by atoms with Crippen molar-refractivity contribution in [3.05, 3.63) is 36.5 Å². The summed E-state index contributed by atoms with van der Waals surface area (Å²) in [4.78, 5) is 33.9. The van der Waals surface area contributed by atoms with Crippen LogP contribution in [0.1, 0.15) is 194 Å². The van der Waals surface area contributed by atoms with Crippen molar-refractivity contribution in [3.8, 4) is 0 Å². The topological polar surface area (TPSA) is 131 Å². The molecular formula is C43H80NO8P. The van der Waals surface area contributed by atoms with Crippen LogP contribution in [0.4, 0.5) is 0 Å². The molecule has 9 nitrogen and oxygen atoms in total. The van der Waals surface area contributed by atoms with E-state index in [1.54, 1.807) is 0 Å². The van der Waals surface area contributed by atoms with Gasteiger partial charge in [0.1, 0.15) is 12.7 Å². The van der Waals surface area contributed by atoms with E-state index in [4.69, 9.17) is 13.8 Å². The van der Waals surface area contributed by atoms with E-state index in [1.165, 1.54) is 103 Å². The molecule has 0 aromatic carbocycles. The lowest BCUT2D eigenvalue weighted by molar-refractivity contribution is -0.147. The van der Waals surface area contributed by atoms with Gasteiger partial charge in [-0.3, -0.25) is 18.6 Å². The molecule has 0 spiro atoms. The number of phosphoric ester groups is 1. The Balaban J connectivity index is 3.62. The van der Waals surface area contributed by atoms with E-state index in [0.717, 1.165) is 64.2 Å². The molecule has 0 saturated carbocycles. The second kappa shape index (κ2) is 39.9. The minimum absolute atomic E-state index is 0.0820. The summed E-state index contributed by atoms with van der Waals surface area (Å²) in [6.45, 7) is 3.52. The van der Waals surface area contributed by atoms with Gasteiger partial charge in [0.25, 0.3) is 0 Å². The smallest absolute Gasteiger partial charge is 0.463 e. The third-order valence-corrected chi connectivity index (χ3v) is 10.1. The van der Waals surface area contributed by atoms with Crippen molar-refractivity contribution in [3.63, 3.8) is 0 Å². The van der Waals surface area contributed by atoms with Gasteiger partial charge in [-0.15, -0.1) is 0 Å². The van der Waals surface area contributed by atoms with E-state index in [1.807, 2.05) is 0 Å². The first kappa shape index (κ1) is 51.2. The van der Waals surface area contributed by atoms with Crippen LogP contribution in [0, 0.1) is 0 Å². The van der Waals surface area contributed by atoms with Crippen LogP contribution in [0.5, 0.6) is 0 Å². The van der Waals surface area contributed by atoms with E-state index in [0.29, 0.717) is 6.42 Å². The van der Waals surface area contributed by atoms with Crippen LogP contribution in [0.2, 0.25) is 0 Å². The molecule has 0 rings (SSSR count). The maximum Gasteiger partial charge on any atom is 0.472 e. The van der Waals surface area contributed by atoms with Crippen molar-refractivity contribution in [2.75, 3.05) is 26.4 Å². The highest BCUT2D eigenvalue weighted by Crippen LogP contribution is 2.42. The number of carbonyl (C=O) groups is 2. The molecule has 0 aromatic heterocycles. The number of allylic oxidation sites excluding steroid dienone is 6. The zero-order valence-corrected chi connectivity index (χ0v) is 34.9. The van der Waals surface area contributed by atoms with Gasteiger partial charge in [-0.2, -0.15) is 0 Å². The summed E-state index contributed by atoms with van der Waals surface area (Å²) < 4.78 is 26.8. The van der Waals surface area contributed by atoms with Crippen LogP contribution in [-0.4, -0.2) is 54.3 Å². The molecule has 3 N–H and O–H groups in total. The second-order valence-corrected chi connectivity index (χ2v) is 15.8. The molecule has 0 heterocycles. The fourth-order valence-corrected chi connectivity index (χ4v) is 6.56. The van der Waals surface area contributed by atoms with Crippen molar-refractivity contribution in [2.24, 2.45) is 0 Å². The molecule has 2 unspecified atom stereocenters. The molecule has 53 heavy (non-hydrogen) atoms. The number of esters is 1. The van der Waals surface area contributed by atoms with E-state index in [2.05, 4.69) is 55.6 Å². The molecule has 0 saturated heterocycles. The van der Waals surface area contributed by atoms with Gasteiger partial charge in [-0.25, -0.2) is 4.57 Å². The van der Waals surface area contributed by atoms with Crippen LogP contribution in [-0.2, 0) is 27.9 Å². The fraction of sp³-hybridized carbons (Fsp3) is 0.814. The number of carbonyl (C=O) groups excluding carboxylic acids is 2. The molecule has 0 bridgehead atoms. The number of phosphoric acid groups is 1. The van der Waals surface area contributed by atoms with Gasteiger partial charge in [0.05, 0.1) is 13.2 Å². The summed E-state index contributed by atoms with van der Waals surface area (Å²) in [5.74, 6) is -0.526. The Labute approximate surface area is 324 Å². The van der Waals surface area contributed by atoms with E-state index in [-0.39, 0.29) is 32.1 Å². The lowest BCUT2D eigenvalue weighted by Crippen LogP contribution is -2.27. The van der Waals surface area contributed by atoms with Crippen LogP contribution >= 0.6 is 7.82 Å². The molecule has 0 aliphatic carbocycles. The number of hydrogen-bond donors (Lipinski definition) is 3. The van der Waals surface area contributed by atoms with Gasteiger partial charge >= 0.3 is 13.8 Å². The van der Waals surface area contributed by atoms with Crippen molar-refractivity contribution in [1.82, 2.24) is 5.32 Å². The number of amides is 1. The van der Waals surface area contributed by atoms with E-state index < -0.39 is 26.5 Å². The third-order valence-electron chi connectivity index (χ3n) is 9.07. The van der Waals surface area contributed by atoms with Gasteiger partial charge < -0.3 is 20.1 Å². The maximum absolute atomic E-state index is 12.1. The van der Waals surface area contributed by atoms with E-state index >= 15 is 0 Å². The minimum atomic E-state index is -4.41. The predicted octanol–water partition coefficient (Wildman–Crippen LogP) is 11.8. The summed E-state index contributed by atoms with van der Waals surface area (Å²) in [6.07, 6.45) is 43.5. The molecular weight excluding hydrogens is 689 g/mol. The SMILES string of the molecule is CCCCC/C=C\C/C=C\C/C=C\CCCCCCCCC(=O)OCC(O)COP(=O)(O)OCCNC(=O)CCCCCCCCCCCCCCC. The molecule has 1 amide bonds. The number of aliphatic hydroxyl groups is 1. The lowest BCUT2D eigenvalue weighted by Gasteiger charge is -2.15. The summed E-state index contributed by atoms with van der Waals surface area (Å²) >= 11 is 0. The second-order valence-electron chi connectivity index (χ2n) is 14.3. The Bertz CT molecular complexity index is 970. The summed E-state index contributed by atoms with van der Waals surface area (Å²) in [5, 5.41) is 12.7. The summed E-state index contributed by atoms with van der Waals surface area (Å²) in [6, 6.07) is 0. The highest BCUT2D eigenvalue weighted by molar-refractivity contribution is 7.47. The molecule has 0 fully saturated rings. The van der Waals surface area contributed by atoms with Crippen molar-refractivity contribution < 1.29 is 37.9 Å². The Kier molecular flexibility index (Phi) is 38.6. The van der Waals surface area contributed by atoms with Crippen molar-refractivity contribution >= 4 is 19.7 Å². The maximum atomic E-state index is 12.1. The number of rotatable bonds is 40. The van der Waals surface area contributed by atoms with Gasteiger partial charge in [0.2, 0.25) is 5.91 Å². The first-order valence-electron chi connectivity index (χ1n) is 21.5. The molecule has 0 radical (unpaired) electrons. The average molecular weight is 770 g/mol. The van der Waals surface area contributed by atoms with Gasteiger partial charge in [-0.05, 0) is 51.4 Å². The minimum Gasteiger partial charge on any atom is -0.463 e. The van der Waals surface area contributed by atoms with Crippen LogP contribution < -0.4 is 5.32 Å². The standard InChI is InChI=1S/C43H80NO8P/c1-3-5-7-9-11-13-15-17-18-19-20-21-22-24-26-28-30-32-34-36-43(47)50-39-41(45)40-52-53(48,49)51-38-37-44-42(46)35-33-31-29-27-25-23-16-14-12-10-8-6-4-2/h11,13,17-18,20-21,41,45H,3-10,12,14-16,19,22-40H2,1-2H3,(H,44,46)(H,48,49)/b13-11-,18-17-,21-20-. The lowest BCUT2D eigenvalue weighted by atomic mass is 10.0. The predicted molar refractivity (Wildman–Crippen MR) is 220 cm³/mol. The number of nitrogens with one attached hydrogen (secondary N) is 1. The zero-order chi connectivity index (χ0) is 38.9. The number of hydrogen-bond acceptors (Lipinski definition) is 7. The average Bonchev–Trinajstić information content (AvgIpc) is 3.14. The van der Waals surface area contributed by atoms with Gasteiger partial charge in [-0.1, -0.05) is 166 Å². The highest BCUT2D eigenvalue weighted by atomic mass is 31.2. The van der Waals surface area contributed by atoms with Crippen LogP contribution in [0.25, 0.3) is 0 Å². The van der Waals surface area contributed by atoms with Crippen molar-refractivity contribution in [1.29, 1.82) is 0 Å². The highest BCUT2D eigenvalue weighted by Gasteiger charge is 2.23. The molecule has 310 valence electrons. The molecule has 0 aliphatic rings. The van der Waals surface area contributed by atoms with Gasteiger partial charge in [0.15, 0.2) is 0 Å². The molecule has 0 aliphatic heterocycles. The Morgan fingerprint density at radius 1 is 0.585 bits per heavy atom. The summed E-state index contributed by atoms with van der Waals surface area (Å²) in [5.41, 5.74) is 0. The quantitative estimate of drug-likeness (QED) is 0.0243. The summed E-state index contributed by atoms with van der Waals surface area (Å²) in [7, 11) is -4.41. The van der Waals surface area contributed by atoms with Crippen LogP contribution in [0.3, 0.4) is 0 Å². The van der Waals surface area contributed by atoms with Gasteiger partial charge in [0, 0.05) is 19.4 Å². The monoisotopic (exact) mass is 770 g/mol. The van der Waals surface area contributed by atoms with Crippen molar-refractivity contribution in [2.45, 2.75) is 200 Å². The normalized spacial score (nSPS) is 13.7. The Hall–Kier alpha value is -1.77. The first-order valence-corrected chi connectivity index (χ1v) is 23.0. The molecule has 2 atom stereocenters. The van der Waals surface area contributed by atoms with E-state index in [9.17, 15) is 24.2 Å². The molecule has 0 aromatic rings. The third kappa shape index (κ3) is 41.2. The Morgan fingerprint density at radius 2 is 1.02 bits per heavy atom. The Morgan fingerprint density at radius 3 is 1.57 bits per heavy atom. The first-order chi connectivity index (χ1) is 25.8. The number of ether oxygens (including phenoxy) is 1.